The van der Waals surface area contributed by atoms with Crippen LogP contribution in [0.1, 0.15) is 0 Å². The van der Waals surface area contributed by atoms with Gasteiger partial charge in [-0.2, -0.15) is 0 Å². The van der Waals surface area contributed by atoms with Crippen molar-refractivity contribution in [1.29, 1.82) is 0 Å². The smallest absolute Gasteiger partial charge is 0.246 e. The van der Waals surface area contributed by atoms with E-state index in [1.54, 1.807) is 0 Å². The van der Waals surface area contributed by atoms with Gasteiger partial charge in [-0.15, -0.1) is 0 Å². The highest BCUT2D eigenvalue weighted by Crippen LogP contribution is 1.79. The van der Waals surface area contributed by atoms with Gasteiger partial charge < -0.3 is 20.3 Å². The van der Waals surface area contributed by atoms with Gasteiger partial charge in [-0.25, -0.2) is 0 Å². The molecule has 0 rings (SSSR count). The van der Waals surface area contributed by atoms with Gasteiger partial charge in [0.2, 0.25) is 5.91 Å². The molecule has 11 heavy (non-hydrogen) atoms. The van der Waals surface area contributed by atoms with Crippen LogP contribution in [0.15, 0.2) is 0 Å². The Balaban J connectivity index is 3.54. The number of carbonyl (C=O) groups excluding carboxylic acids is 1. The Hall–Kier alpha value is -0.650. The predicted octanol–water partition coefficient (Wildman–Crippen LogP) is -1.90. The lowest BCUT2D eigenvalue weighted by Gasteiger charge is -2.12. The van der Waals surface area contributed by atoms with Crippen molar-refractivity contribution in [2.45, 2.75) is 6.04 Å². The lowest BCUT2D eigenvalue weighted by molar-refractivity contribution is -0.126. The van der Waals surface area contributed by atoms with Crippen molar-refractivity contribution in [1.82, 2.24) is 5.32 Å². The van der Waals surface area contributed by atoms with Crippen LogP contribution in [0.5, 0.6) is 0 Å². The molecule has 0 atom stereocenters. The molecule has 0 radical (unpaired) electrons. The van der Waals surface area contributed by atoms with E-state index in [-0.39, 0.29) is 25.7 Å². The monoisotopic (exact) mass is 163 g/mol. The lowest BCUT2D eigenvalue weighted by Crippen LogP contribution is -2.41. The van der Waals surface area contributed by atoms with Gasteiger partial charge in [0, 0.05) is 7.11 Å². The maximum atomic E-state index is 10.7. The number of carbonyl (C=O) groups is 1. The zero-order chi connectivity index (χ0) is 8.69. The number of aliphatic hydroxyl groups is 2. The van der Waals surface area contributed by atoms with Gasteiger partial charge in [-0.1, -0.05) is 0 Å². The SMILES string of the molecule is COCC(=O)NC(CO)CO. The van der Waals surface area contributed by atoms with Crippen LogP contribution in [-0.4, -0.2) is 49.1 Å². The number of methoxy groups -OCH3 is 1. The van der Waals surface area contributed by atoms with Gasteiger partial charge >= 0.3 is 0 Å². The van der Waals surface area contributed by atoms with E-state index < -0.39 is 6.04 Å². The van der Waals surface area contributed by atoms with Gasteiger partial charge in [-0.3, -0.25) is 4.79 Å². The zero-order valence-corrected chi connectivity index (χ0v) is 6.41. The van der Waals surface area contributed by atoms with Crippen LogP contribution in [0.4, 0.5) is 0 Å². The molecule has 0 saturated carbocycles. The van der Waals surface area contributed by atoms with E-state index in [0.29, 0.717) is 0 Å². The molecule has 0 unspecified atom stereocenters. The van der Waals surface area contributed by atoms with Gasteiger partial charge in [0.05, 0.1) is 19.3 Å². The summed E-state index contributed by atoms with van der Waals surface area (Å²) in [6.07, 6.45) is 0. The van der Waals surface area contributed by atoms with Crippen molar-refractivity contribution in [2.24, 2.45) is 0 Å². The van der Waals surface area contributed by atoms with Crippen molar-refractivity contribution in [2.75, 3.05) is 26.9 Å². The number of ether oxygens (including phenoxy) is 1. The maximum absolute atomic E-state index is 10.7. The molecule has 0 aromatic carbocycles. The molecule has 0 aliphatic carbocycles. The van der Waals surface area contributed by atoms with Gasteiger partial charge in [-0.05, 0) is 0 Å². The third-order valence-electron chi connectivity index (χ3n) is 1.08. The molecule has 5 nitrogen and oxygen atoms in total. The topological polar surface area (TPSA) is 78.8 Å². The van der Waals surface area contributed by atoms with Crippen LogP contribution < -0.4 is 5.32 Å². The first-order valence-corrected chi connectivity index (χ1v) is 3.24. The average molecular weight is 163 g/mol. The molecule has 0 spiro atoms. The Bertz CT molecular complexity index is 113. The van der Waals surface area contributed by atoms with Crippen molar-refractivity contribution >= 4 is 5.91 Å². The van der Waals surface area contributed by atoms with Crippen molar-refractivity contribution in [3.05, 3.63) is 0 Å². The highest BCUT2D eigenvalue weighted by Gasteiger charge is 2.08. The molecule has 0 bridgehead atoms. The minimum Gasteiger partial charge on any atom is -0.394 e. The fourth-order valence-corrected chi connectivity index (χ4v) is 0.549. The summed E-state index contributed by atoms with van der Waals surface area (Å²) in [5.74, 6) is -0.347. The van der Waals surface area contributed by atoms with Crippen LogP contribution in [0.25, 0.3) is 0 Å². The molecule has 0 heterocycles. The Morgan fingerprint density at radius 2 is 2.09 bits per heavy atom. The summed E-state index contributed by atoms with van der Waals surface area (Å²) in [5.41, 5.74) is 0. The zero-order valence-electron chi connectivity index (χ0n) is 6.41. The van der Waals surface area contributed by atoms with E-state index in [0.717, 1.165) is 0 Å². The third-order valence-corrected chi connectivity index (χ3v) is 1.08. The fraction of sp³-hybridized carbons (Fsp3) is 0.833. The fourth-order valence-electron chi connectivity index (χ4n) is 0.549. The van der Waals surface area contributed by atoms with E-state index in [2.05, 4.69) is 10.1 Å². The van der Waals surface area contributed by atoms with Gasteiger partial charge in [0.1, 0.15) is 6.61 Å². The second kappa shape index (κ2) is 6.09. The van der Waals surface area contributed by atoms with Crippen LogP contribution in [-0.2, 0) is 9.53 Å². The van der Waals surface area contributed by atoms with Crippen LogP contribution >= 0.6 is 0 Å². The molecule has 3 N–H and O–H groups in total. The molecule has 1 amide bonds. The highest BCUT2D eigenvalue weighted by molar-refractivity contribution is 5.77. The Morgan fingerprint density at radius 3 is 2.45 bits per heavy atom. The summed E-state index contributed by atoms with van der Waals surface area (Å²) in [7, 11) is 1.40. The van der Waals surface area contributed by atoms with Gasteiger partial charge in [0.25, 0.3) is 0 Å². The summed E-state index contributed by atoms with van der Waals surface area (Å²) < 4.78 is 4.52. The molecule has 0 aliphatic rings. The molecule has 5 heteroatoms. The number of rotatable bonds is 5. The molecule has 0 saturated heterocycles. The second-order valence-electron chi connectivity index (χ2n) is 2.06. The summed E-state index contributed by atoms with van der Waals surface area (Å²) >= 11 is 0. The van der Waals surface area contributed by atoms with E-state index in [1.165, 1.54) is 7.11 Å². The van der Waals surface area contributed by atoms with Crippen LogP contribution in [0, 0.1) is 0 Å². The molecule has 0 fully saturated rings. The van der Waals surface area contributed by atoms with E-state index >= 15 is 0 Å². The first-order valence-electron chi connectivity index (χ1n) is 3.24. The minimum atomic E-state index is -0.586. The van der Waals surface area contributed by atoms with E-state index in [9.17, 15) is 4.79 Å². The van der Waals surface area contributed by atoms with Crippen molar-refractivity contribution in [3.63, 3.8) is 0 Å². The van der Waals surface area contributed by atoms with E-state index in [4.69, 9.17) is 10.2 Å². The average Bonchev–Trinajstić information content (AvgIpc) is 2.01. The van der Waals surface area contributed by atoms with Crippen LogP contribution in [0.3, 0.4) is 0 Å². The molecule has 0 aliphatic heterocycles. The van der Waals surface area contributed by atoms with Crippen molar-refractivity contribution in [3.8, 4) is 0 Å². The molecule has 66 valence electrons. The first kappa shape index (κ1) is 10.3. The minimum absolute atomic E-state index is 0.0590. The number of aliphatic hydroxyl groups excluding tert-OH is 2. The van der Waals surface area contributed by atoms with Crippen LogP contribution in [0.2, 0.25) is 0 Å². The number of hydrogen-bond donors (Lipinski definition) is 3. The quantitative estimate of drug-likeness (QED) is 0.442. The Morgan fingerprint density at radius 1 is 1.55 bits per heavy atom. The summed E-state index contributed by atoms with van der Waals surface area (Å²) in [5, 5.41) is 19.4. The van der Waals surface area contributed by atoms with E-state index in [1.807, 2.05) is 0 Å². The number of nitrogens with one attached hydrogen (secondary N) is 1. The molecule has 0 aromatic heterocycles. The van der Waals surface area contributed by atoms with Crippen molar-refractivity contribution < 1.29 is 19.7 Å². The lowest BCUT2D eigenvalue weighted by atomic mass is 10.3. The highest BCUT2D eigenvalue weighted by atomic mass is 16.5. The predicted molar refractivity (Wildman–Crippen MR) is 38.0 cm³/mol. The normalized spacial score (nSPS) is 10.2. The Labute approximate surface area is 65.0 Å². The maximum Gasteiger partial charge on any atom is 0.246 e. The number of amides is 1. The molecule has 0 aromatic rings. The molecular formula is C6H13NO4. The second-order valence-corrected chi connectivity index (χ2v) is 2.06. The third kappa shape index (κ3) is 4.72. The largest absolute Gasteiger partial charge is 0.394 e. The standard InChI is InChI=1S/C6H13NO4/c1-11-4-6(10)7-5(2-8)3-9/h5,8-9H,2-4H2,1H3,(H,7,10). The number of hydrogen-bond acceptors (Lipinski definition) is 4. The summed E-state index contributed by atoms with van der Waals surface area (Å²) in [6.45, 7) is -0.603. The summed E-state index contributed by atoms with van der Waals surface area (Å²) in [6, 6.07) is -0.586. The Kier molecular flexibility index (Phi) is 5.73. The van der Waals surface area contributed by atoms with Gasteiger partial charge in [0.15, 0.2) is 0 Å². The first-order chi connectivity index (χ1) is 5.24. The summed E-state index contributed by atoms with van der Waals surface area (Å²) in [4.78, 5) is 10.7. The molecular weight excluding hydrogens is 150 g/mol.